The van der Waals surface area contributed by atoms with Crippen molar-refractivity contribution >= 4 is 0 Å². The first-order chi connectivity index (χ1) is 10.5. The zero-order valence-electron chi connectivity index (χ0n) is 14.5. The van der Waals surface area contributed by atoms with Crippen LogP contribution in [0.15, 0.2) is 12.1 Å². The topological polar surface area (TPSA) is 29.5 Å². The van der Waals surface area contributed by atoms with E-state index < -0.39 is 0 Å². The number of fused-ring (bicyclic) bond motifs is 4. The van der Waals surface area contributed by atoms with E-state index >= 15 is 0 Å². The lowest BCUT2D eigenvalue weighted by atomic mass is 9.60. The Kier molecular flexibility index (Phi) is 4.24. The summed E-state index contributed by atoms with van der Waals surface area (Å²) in [6.07, 6.45) is 6.85. The van der Waals surface area contributed by atoms with Gasteiger partial charge >= 0.3 is 0 Å². The molecular formula is C20H30O2. The van der Waals surface area contributed by atoms with Gasteiger partial charge in [-0.05, 0) is 59.9 Å². The number of aliphatic hydroxyl groups is 1. The molecule has 22 heavy (non-hydrogen) atoms. The van der Waals surface area contributed by atoms with Gasteiger partial charge in [0.25, 0.3) is 0 Å². The van der Waals surface area contributed by atoms with Gasteiger partial charge in [0.1, 0.15) is 5.75 Å². The summed E-state index contributed by atoms with van der Waals surface area (Å²) < 4.78 is 5.56. The maximum Gasteiger partial charge on any atom is 0.119 e. The van der Waals surface area contributed by atoms with Crippen molar-refractivity contribution in [3.63, 3.8) is 0 Å². The highest BCUT2D eigenvalue weighted by atomic mass is 16.5. The quantitative estimate of drug-likeness (QED) is 0.867. The van der Waals surface area contributed by atoms with E-state index in [4.69, 9.17) is 4.74 Å². The molecule has 2 aliphatic carbocycles. The molecule has 0 heterocycles. The molecule has 122 valence electrons. The predicted molar refractivity (Wildman–Crippen MR) is 90.7 cm³/mol. The monoisotopic (exact) mass is 302 g/mol. The number of aliphatic hydroxyl groups excluding tert-OH is 1. The average Bonchev–Trinajstić information content (AvgIpc) is 2.50. The summed E-state index contributed by atoms with van der Waals surface area (Å²) in [6, 6.07) is 4.41. The van der Waals surface area contributed by atoms with Gasteiger partial charge in [0, 0.05) is 5.41 Å². The third-order valence-corrected chi connectivity index (χ3v) is 6.07. The van der Waals surface area contributed by atoms with Crippen LogP contribution in [0.5, 0.6) is 5.75 Å². The number of hydrogen-bond donors (Lipinski definition) is 1. The van der Waals surface area contributed by atoms with Gasteiger partial charge in [0.15, 0.2) is 0 Å². The van der Waals surface area contributed by atoms with Gasteiger partial charge in [-0.1, -0.05) is 40.0 Å². The summed E-state index contributed by atoms with van der Waals surface area (Å²) >= 11 is 0. The zero-order chi connectivity index (χ0) is 15.9. The average molecular weight is 302 g/mol. The van der Waals surface area contributed by atoms with Crippen molar-refractivity contribution in [1.82, 2.24) is 0 Å². The Hall–Kier alpha value is -1.02. The first kappa shape index (κ1) is 15.9. The van der Waals surface area contributed by atoms with Gasteiger partial charge in [0.05, 0.1) is 13.2 Å². The second-order valence-electron chi connectivity index (χ2n) is 7.82. The first-order valence-electron chi connectivity index (χ1n) is 8.86. The minimum absolute atomic E-state index is 0.114. The zero-order valence-corrected chi connectivity index (χ0v) is 14.5. The Labute approximate surface area is 134 Å². The molecule has 0 amide bonds. The molecule has 1 aromatic rings. The van der Waals surface area contributed by atoms with Gasteiger partial charge in [-0.2, -0.15) is 0 Å². The molecule has 2 bridgehead atoms. The lowest BCUT2D eigenvalue weighted by Crippen LogP contribution is -2.48. The molecule has 2 nitrogen and oxygen atoms in total. The standard InChI is InChI=1S/C20H30O2/c1-13(2)16-11-15(22-4)12-18-17(16)10-14-8-6-5-7-9-20(18,3)19(14)21/h11-14,19,21H,5-10H2,1-4H3. The molecule has 0 radical (unpaired) electrons. The molecule has 0 saturated heterocycles. The molecule has 3 unspecified atom stereocenters. The second-order valence-corrected chi connectivity index (χ2v) is 7.82. The molecule has 1 aromatic carbocycles. The highest BCUT2D eigenvalue weighted by Crippen LogP contribution is 2.49. The highest BCUT2D eigenvalue weighted by molar-refractivity contribution is 5.50. The lowest BCUT2D eigenvalue weighted by Gasteiger charge is -2.47. The molecule has 0 spiro atoms. The predicted octanol–water partition coefficient (Wildman–Crippen LogP) is 4.57. The van der Waals surface area contributed by atoms with E-state index in [1.165, 1.54) is 42.4 Å². The smallest absolute Gasteiger partial charge is 0.119 e. The van der Waals surface area contributed by atoms with Crippen LogP contribution in [0.4, 0.5) is 0 Å². The molecule has 3 rings (SSSR count). The van der Waals surface area contributed by atoms with Crippen LogP contribution in [-0.4, -0.2) is 18.3 Å². The van der Waals surface area contributed by atoms with Crippen molar-refractivity contribution in [3.8, 4) is 5.75 Å². The van der Waals surface area contributed by atoms with Crippen LogP contribution in [-0.2, 0) is 11.8 Å². The van der Waals surface area contributed by atoms with Gasteiger partial charge in [-0.3, -0.25) is 0 Å². The SMILES string of the molecule is COc1cc(C(C)C)c2c(c1)C1(C)CCCCCC(C2)C1O. The molecule has 0 aromatic heterocycles. The molecule has 1 saturated carbocycles. The van der Waals surface area contributed by atoms with Crippen LogP contribution in [0, 0.1) is 5.92 Å². The molecule has 2 heteroatoms. The second kappa shape index (κ2) is 5.88. The van der Waals surface area contributed by atoms with E-state index in [1.54, 1.807) is 7.11 Å². The van der Waals surface area contributed by atoms with Crippen LogP contribution in [0.3, 0.4) is 0 Å². The summed E-state index contributed by atoms with van der Waals surface area (Å²) in [5.74, 6) is 1.85. The minimum Gasteiger partial charge on any atom is -0.497 e. The van der Waals surface area contributed by atoms with Crippen molar-refractivity contribution in [3.05, 3.63) is 28.8 Å². The third-order valence-electron chi connectivity index (χ3n) is 6.07. The van der Waals surface area contributed by atoms with Crippen LogP contribution < -0.4 is 4.74 Å². The summed E-state index contributed by atoms with van der Waals surface area (Å²) in [4.78, 5) is 0. The minimum atomic E-state index is -0.215. The maximum absolute atomic E-state index is 11.1. The normalized spacial score (nSPS) is 31.4. The number of benzene rings is 1. The fraction of sp³-hybridized carbons (Fsp3) is 0.700. The van der Waals surface area contributed by atoms with Gasteiger partial charge in [-0.15, -0.1) is 0 Å². The van der Waals surface area contributed by atoms with E-state index in [-0.39, 0.29) is 11.5 Å². The molecule has 1 N–H and O–H groups in total. The summed E-state index contributed by atoms with van der Waals surface area (Å²) in [6.45, 7) is 6.80. The Morgan fingerprint density at radius 3 is 2.68 bits per heavy atom. The lowest BCUT2D eigenvalue weighted by molar-refractivity contribution is 0.00859. The molecule has 1 fully saturated rings. The van der Waals surface area contributed by atoms with E-state index in [0.717, 1.165) is 18.6 Å². The fourth-order valence-electron chi connectivity index (χ4n) is 4.71. The third kappa shape index (κ3) is 2.46. The molecule has 2 aliphatic rings. The van der Waals surface area contributed by atoms with Gasteiger partial charge in [-0.25, -0.2) is 0 Å². The maximum atomic E-state index is 11.1. The number of ether oxygens (including phenoxy) is 1. The highest BCUT2D eigenvalue weighted by Gasteiger charge is 2.45. The van der Waals surface area contributed by atoms with Crippen molar-refractivity contribution in [2.24, 2.45) is 5.92 Å². The summed E-state index contributed by atoms with van der Waals surface area (Å²) in [5.41, 5.74) is 4.14. The van der Waals surface area contributed by atoms with Crippen molar-refractivity contribution in [2.75, 3.05) is 7.11 Å². The largest absolute Gasteiger partial charge is 0.497 e. The van der Waals surface area contributed by atoms with E-state index in [9.17, 15) is 5.11 Å². The van der Waals surface area contributed by atoms with Crippen molar-refractivity contribution < 1.29 is 9.84 Å². The van der Waals surface area contributed by atoms with Crippen molar-refractivity contribution in [2.45, 2.75) is 76.7 Å². The van der Waals surface area contributed by atoms with Crippen LogP contribution in [0.1, 0.15) is 75.5 Å². The van der Waals surface area contributed by atoms with Crippen LogP contribution in [0.2, 0.25) is 0 Å². The molecular weight excluding hydrogens is 272 g/mol. The first-order valence-corrected chi connectivity index (χ1v) is 8.86. The Bertz CT molecular complexity index is 549. The molecule has 3 atom stereocenters. The summed E-state index contributed by atoms with van der Waals surface area (Å²) in [5, 5.41) is 11.1. The number of rotatable bonds is 2. The van der Waals surface area contributed by atoms with E-state index in [2.05, 4.69) is 32.9 Å². The number of methoxy groups -OCH3 is 1. The van der Waals surface area contributed by atoms with E-state index in [0.29, 0.717) is 11.8 Å². The Morgan fingerprint density at radius 1 is 1.23 bits per heavy atom. The van der Waals surface area contributed by atoms with Crippen molar-refractivity contribution in [1.29, 1.82) is 0 Å². The van der Waals surface area contributed by atoms with Gasteiger partial charge < -0.3 is 9.84 Å². The fourth-order valence-corrected chi connectivity index (χ4v) is 4.71. The van der Waals surface area contributed by atoms with E-state index in [1.807, 2.05) is 0 Å². The van der Waals surface area contributed by atoms with Gasteiger partial charge in [0.2, 0.25) is 0 Å². The Morgan fingerprint density at radius 2 is 2.00 bits per heavy atom. The Balaban J connectivity index is 2.20. The number of hydrogen-bond acceptors (Lipinski definition) is 2. The summed E-state index contributed by atoms with van der Waals surface area (Å²) in [7, 11) is 1.74. The van der Waals surface area contributed by atoms with Crippen LogP contribution in [0.25, 0.3) is 0 Å². The molecule has 0 aliphatic heterocycles. The van der Waals surface area contributed by atoms with Crippen LogP contribution >= 0.6 is 0 Å².